The van der Waals surface area contributed by atoms with E-state index in [1.54, 1.807) is 0 Å². The Kier molecular flexibility index (Phi) is 3.26. The minimum atomic E-state index is 0.217. The summed E-state index contributed by atoms with van der Waals surface area (Å²) in [6.45, 7) is 5.40. The first-order valence-corrected chi connectivity index (χ1v) is 3.75. The second-order valence-electron chi connectivity index (χ2n) is 2.36. The normalized spacial score (nSPS) is 8.75. The molecule has 1 rings (SSSR count). The summed E-state index contributed by atoms with van der Waals surface area (Å²) in [6.07, 6.45) is 1.36. The molecule has 0 bridgehead atoms. The van der Waals surface area contributed by atoms with Crippen LogP contribution < -0.4 is 4.65 Å². The zero-order valence-electron chi connectivity index (χ0n) is 7.12. The highest BCUT2D eigenvalue weighted by Crippen LogP contribution is 2.15. The SMILES string of the molecule is C=COBOc1ccccc1C. The Balaban J connectivity index is 2.51. The van der Waals surface area contributed by atoms with E-state index >= 15 is 0 Å². The van der Waals surface area contributed by atoms with Crippen LogP contribution in [0.1, 0.15) is 5.56 Å². The van der Waals surface area contributed by atoms with Gasteiger partial charge in [-0.2, -0.15) is 0 Å². The van der Waals surface area contributed by atoms with Crippen molar-refractivity contribution >= 4 is 7.69 Å². The van der Waals surface area contributed by atoms with E-state index < -0.39 is 0 Å². The van der Waals surface area contributed by atoms with Crippen molar-refractivity contribution in [3.63, 3.8) is 0 Å². The smallest absolute Gasteiger partial charge is 0.535 e. The van der Waals surface area contributed by atoms with Crippen LogP contribution >= 0.6 is 0 Å². The zero-order valence-corrected chi connectivity index (χ0v) is 7.12. The van der Waals surface area contributed by atoms with Gasteiger partial charge in [0.25, 0.3) is 0 Å². The van der Waals surface area contributed by atoms with Gasteiger partial charge in [-0.25, -0.2) is 0 Å². The predicted octanol–water partition coefficient (Wildman–Crippen LogP) is 1.80. The van der Waals surface area contributed by atoms with Crippen molar-refractivity contribution in [2.24, 2.45) is 0 Å². The molecule has 0 atom stereocenters. The Labute approximate surface area is 73.1 Å². The van der Waals surface area contributed by atoms with E-state index in [2.05, 4.69) is 6.58 Å². The lowest BCUT2D eigenvalue weighted by Gasteiger charge is -2.06. The van der Waals surface area contributed by atoms with Crippen LogP contribution in [0.15, 0.2) is 37.1 Å². The topological polar surface area (TPSA) is 18.5 Å². The Hall–Kier alpha value is -1.38. The Morgan fingerprint density at radius 1 is 1.42 bits per heavy atom. The lowest BCUT2D eigenvalue weighted by Crippen LogP contribution is -2.04. The number of hydrogen-bond acceptors (Lipinski definition) is 2. The molecule has 3 heteroatoms. The van der Waals surface area contributed by atoms with E-state index in [0.29, 0.717) is 0 Å². The fraction of sp³-hybridized carbons (Fsp3) is 0.111. The highest BCUT2D eigenvalue weighted by atomic mass is 16.6. The van der Waals surface area contributed by atoms with Crippen LogP contribution in [-0.4, -0.2) is 7.69 Å². The number of hydrogen-bond donors (Lipinski definition) is 0. The molecule has 1 aromatic rings. The molecule has 0 saturated carbocycles. The molecule has 0 unspecified atom stereocenters. The average molecular weight is 162 g/mol. The molecule has 0 radical (unpaired) electrons. The lowest BCUT2D eigenvalue weighted by molar-refractivity contribution is 0.412. The van der Waals surface area contributed by atoms with Crippen molar-refractivity contribution in [3.8, 4) is 5.75 Å². The van der Waals surface area contributed by atoms with Crippen molar-refractivity contribution in [2.45, 2.75) is 6.92 Å². The first-order valence-electron chi connectivity index (χ1n) is 3.75. The molecule has 0 aliphatic heterocycles. The summed E-state index contributed by atoms with van der Waals surface area (Å²) in [7, 11) is 0.217. The van der Waals surface area contributed by atoms with Gasteiger partial charge in [-0.1, -0.05) is 24.8 Å². The fourth-order valence-corrected chi connectivity index (χ4v) is 0.864. The summed E-state index contributed by atoms with van der Waals surface area (Å²) < 4.78 is 10.1. The molecular weight excluding hydrogens is 151 g/mol. The minimum absolute atomic E-state index is 0.217. The highest BCUT2D eigenvalue weighted by molar-refractivity contribution is 6.19. The van der Waals surface area contributed by atoms with E-state index in [4.69, 9.17) is 9.31 Å². The van der Waals surface area contributed by atoms with Crippen LogP contribution in [0, 0.1) is 6.92 Å². The summed E-state index contributed by atoms with van der Waals surface area (Å²) in [4.78, 5) is 0. The third-order valence-corrected chi connectivity index (χ3v) is 1.49. The van der Waals surface area contributed by atoms with Crippen molar-refractivity contribution in [3.05, 3.63) is 42.7 Å². The van der Waals surface area contributed by atoms with Crippen LogP contribution in [0.3, 0.4) is 0 Å². The monoisotopic (exact) mass is 162 g/mol. The summed E-state index contributed by atoms with van der Waals surface area (Å²) >= 11 is 0. The molecule has 0 amide bonds. The first-order chi connectivity index (χ1) is 5.84. The molecule has 0 aliphatic rings. The van der Waals surface area contributed by atoms with Crippen LogP contribution in [0.4, 0.5) is 0 Å². The van der Waals surface area contributed by atoms with E-state index in [-0.39, 0.29) is 7.69 Å². The van der Waals surface area contributed by atoms with Crippen molar-refractivity contribution in [2.75, 3.05) is 0 Å². The van der Waals surface area contributed by atoms with Gasteiger partial charge in [0.1, 0.15) is 5.75 Å². The molecule has 0 spiro atoms. The Bertz CT molecular complexity index is 260. The van der Waals surface area contributed by atoms with Crippen molar-refractivity contribution in [1.82, 2.24) is 0 Å². The molecule has 0 fully saturated rings. The molecule has 1 aromatic carbocycles. The molecule has 0 saturated heterocycles. The second-order valence-corrected chi connectivity index (χ2v) is 2.36. The molecule has 0 heterocycles. The number of aryl methyl sites for hydroxylation is 1. The zero-order chi connectivity index (χ0) is 8.81. The van der Waals surface area contributed by atoms with Crippen LogP contribution in [0.2, 0.25) is 0 Å². The molecular formula is C9H11BO2. The van der Waals surface area contributed by atoms with E-state index in [9.17, 15) is 0 Å². The summed E-state index contributed by atoms with van der Waals surface area (Å²) in [5.41, 5.74) is 1.10. The third kappa shape index (κ3) is 2.34. The molecule has 0 aliphatic carbocycles. The van der Waals surface area contributed by atoms with Gasteiger partial charge in [-0.3, -0.25) is 0 Å². The van der Waals surface area contributed by atoms with Gasteiger partial charge in [-0.15, -0.1) is 0 Å². The predicted molar refractivity (Wildman–Crippen MR) is 50.2 cm³/mol. The van der Waals surface area contributed by atoms with E-state index in [1.165, 1.54) is 6.26 Å². The van der Waals surface area contributed by atoms with Crippen LogP contribution in [0.5, 0.6) is 5.75 Å². The van der Waals surface area contributed by atoms with Gasteiger partial charge in [0.15, 0.2) is 0 Å². The van der Waals surface area contributed by atoms with E-state index in [1.807, 2.05) is 31.2 Å². The van der Waals surface area contributed by atoms with Crippen LogP contribution in [0.25, 0.3) is 0 Å². The maximum absolute atomic E-state index is 5.28. The number of para-hydroxylation sites is 1. The standard InChI is InChI=1S/C9H11BO2/c1-3-11-10-12-9-7-5-4-6-8(9)2/h3-7,10H,1H2,2H3. The molecule has 2 nitrogen and oxygen atoms in total. The second kappa shape index (κ2) is 4.49. The lowest BCUT2D eigenvalue weighted by atomic mass is 10.2. The van der Waals surface area contributed by atoms with Gasteiger partial charge < -0.3 is 9.31 Å². The van der Waals surface area contributed by atoms with Crippen LogP contribution in [-0.2, 0) is 4.65 Å². The first kappa shape index (κ1) is 8.72. The van der Waals surface area contributed by atoms with Gasteiger partial charge >= 0.3 is 7.69 Å². The Morgan fingerprint density at radius 2 is 2.17 bits per heavy atom. The minimum Gasteiger partial charge on any atom is -0.535 e. The van der Waals surface area contributed by atoms with Gasteiger partial charge in [-0.05, 0) is 18.6 Å². The Morgan fingerprint density at radius 3 is 2.83 bits per heavy atom. The largest absolute Gasteiger partial charge is 0.576 e. The third-order valence-electron chi connectivity index (χ3n) is 1.49. The van der Waals surface area contributed by atoms with Crippen molar-refractivity contribution in [1.29, 1.82) is 0 Å². The molecule has 0 aromatic heterocycles. The fourth-order valence-electron chi connectivity index (χ4n) is 0.864. The summed E-state index contributed by atoms with van der Waals surface area (Å²) in [6, 6.07) is 7.79. The number of benzene rings is 1. The highest BCUT2D eigenvalue weighted by Gasteiger charge is 1.97. The summed E-state index contributed by atoms with van der Waals surface area (Å²) in [5.74, 6) is 0.847. The molecule has 62 valence electrons. The number of rotatable bonds is 4. The van der Waals surface area contributed by atoms with E-state index in [0.717, 1.165) is 11.3 Å². The van der Waals surface area contributed by atoms with Gasteiger partial charge in [0.05, 0.1) is 6.26 Å². The van der Waals surface area contributed by atoms with Gasteiger partial charge in [0, 0.05) is 0 Å². The maximum atomic E-state index is 5.28. The molecule has 12 heavy (non-hydrogen) atoms. The van der Waals surface area contributed by atoms with Crippen molar-refractivity contribution < 1.29 is 9.31 Å². The van der Waals surface area contributed by atoms with Gasteiger partial charge in [0.2, 0.25) is 0 Å². The quantitative estimate of drug-likeness (QED) is 0.381. The average Bonchev–Trinajstić information content (AvgIpc) is 2.09. The summed E-state index contributed by atoms with van der Waals surface area (Å²) in [5, 5.41) is 0. The maximum Gasteiger partial charge on any atom is 0.576 e. The molecule has 0 N–H and O–H groups in total.